The number of thioether (sulfide) groups is 1. The van der Waals surface area contributed by atoms with Gasteiger partial charge in [0, 0.05) is 11.6 Å². The molecule has 0 fully saturated rings. The van der Waals surface area contributed by atoms with Gasteiger partial charge in [0.1, 0.15) is 16.7 Å². The molecule has 6 nitrogen and oxygen atoms in total. The highest BCUT2D eigenvalue weighted by Gasteiger charge is 2.16. The molecule has 150 valence electrons. The van der Waals surface area contributed by atoms with Crippen LogP contribution in [-0.4, -0.2) is 34.2 Å². The number of carbonyl (C=O) groups is 2. The van der Waals surface area contributed by atoms with Crippen molar-refractivity contribution < 1.29 is 23.1 Å². The van der Waals surface area contributed by atoms with Crippen molar-refractivity contribution in [1.29, 1.82) is 0 Å². The molecule has 1 aromatic heterocycles. The molecular weight excluding hydrogens is 400 g/mol. The van der Waals surface area contributed by atoms with Crippen LogP contribution in [0.1, 0.15) is 18.5 Å². The van der Waals surface area contributed by atoms with Crippen molar-refractivity contribution >= 4 is 34.7 Å². The first-order chi connectivity index (χ1) is 13.9. The lowest BCUT2D eigenvalue weighted by Crippen LogP contribution is -2.31. The van der Waals surface area contributed by atoms with E-state index in [9.17, 15) is 18.4 Å². The molecule has 0 aliphatic heterocycles. The lowest BCUT2D eigenvalue weighted by Gasteiger charge is -2.15. The molecular formula is C20H17F2N3O3S. The number of aromatic nitrogens is 2. The Kier molecular flexibility index (Phi) is 6.71. The second-order valence-corrected chi connectivity index (χ2v) is 7.10. The lowest BCUT2D eigenvalue weighted by molar-refractivity contribution is -0.146. The quantitative estimate of drug-likeness (QED) is 0.469. The van der Waals surface area contributed by atoms with Crippen LogP contribution in [0.15, 0.2) is 53.7 Å². The number of para-hydroxylation sites is 2. The van der Waals surface area contributed by atoms with Crippen molar-refractivity contribution in [3.63, 3.8) is 0 Å². The van der Waals surface area contributed by atoms with Gasteiger partial charge in [-0.1, -0.05) is 30.0 Å². The van der Waals surface area contributed by atoms with Crippen molar-refractivity contribution in [3.8, 4) is 0 Å². The van der Waals surface area contributed by atoms with Crippen LogP contribution in [0.5, 0.6) is 0 Å². The predicted molar refractivity (Wildman–Crippen MR) is 104 cm³/mol. The topological polar surface area (TPSA) is 81.2 Å². The molecule has 0 radical (unpaired) electrons. The fourth-order valence-corrected chi connectivity index (χ4v) is 3.18. The summed E-state index contributed by atoms with van der Waals surface area (Å²) in [6, 6.07) is 9.75. The van der Waals surface area contributed by atoms with E-state index in [0.717, 1.165) is 29.4 Å². The molecule has 0 aliphatic carbocycles. The van der Waals surface area contributed by atoms with Gasteiger partial charge in [-0.3, -0.25) is 14.6 Å². The molecule has 1 unspecified atom stereocenters. The summed E-state index contributed by atoms with van der Waals surface area (Å²) >= 11 is 1.14. The zero-order chi connectivity index (χ0) is 20.8. The van der Waals surface area contributed by atoms with E-state index in [-0.39, 0.29) is 11.3 Å². The second-order valence-electron chi connectivity index (χ2n) is 6.10. The number of fused-ring (bicyclic) bond motifs is 1. The molecule has 2 aromatic carbocycles. The summed E-state index contributed by atoms with van der Waals surface area (Å²) in [5, 5.41) is 3.06. The van der Waals surface area contributed by atoms with E-state index in [4.69, 9.17) is 4.74 Å². The van der Waals surface area contributed by atoms with Gasteiger partial charge in [-0.05, 0) is 25.1 Å². The van der Waals surface area contributed by atoms with Crippen LogP contribution >= 0.6 is 11.8 Å². The Labute approximate surface area is 169 Å². The largest absolute Gasteiger partial charge is 0.455 e. The number of carbonyl (C=O) groups excluding carboxylic acids is 2. The average Bonchev–Trinajstić information content (AvgIpc) is 2.70. The summed E-state index contributed by atoms with van der Waals surface area (Å²) in [4.78, 5) is 32.4. The molecule has 0 spiro atoms. The monoisotopic (exact) mass is 417 g/mol. The second kappa shape index (κ2) is 9.42. The van der Waals surface area contributed by atoms with Crippen molar-refractivity contribution in [1.82, 2.24) is 15.3 Å². The van der Waals surface area contributed by atoms with E-state index in [1.165, 1.54) is 6.07 Å². The molecule has 1 heterocycles. The minimum Gasteiger partial charge on any atom is -0.455 e. The van der Waals surface area contributed by atoms with Crippen LogP contribution in [0.2, 0.25) is 0 Å². The Morgan fingerprint density at radius 1 is 1.17 bits per heavy atom. The van der Waals surface area contributed by atoms with E-state index in [2.05, 4.69) is 15.3 Å². The molecule has 0 saturated heterocycles. The van der Waals surface area contributed by atoms with Crippen LogP contribution in [0.25, 0.3) is 11.0 Å². The van der Waals surface area contributed by atoms with Gasteiger partial charge in [0.05, 0.1) is 29.0 Å². The number of halogens is 2. The molecule has 1 N–H and O–H groups in total. The normalized spacial score (nSPS) is 11.8. The number of benzene rings is 2. The minimum absolute atomic E-state index is 0.0392. The third kappa shape index (κ3) is 5.71. The van der Waals surface area contributed by atoms with Gasteiger partial charge in [-0.25, -0.2) is 13.8 Å². The van der Waals surface area contributed by atoms with Crippen molar-refractivity contribution in [3.05, 3.63) is 65.9 Å². The van der Waals surface area contributed by atoms with Crippen LogP contribution in [-0.2, 0) is 14.3 Å². The summed E-state index contributed by atoms with van der Waals surface area (Å²) in [6.45, 7) is 1.04. The highest BCUT2D eigenvalue weighted by Crippen LogP contribution is 2.19. The zero-order valence-corrected chi connectivity index (χ0v) is 16.2. The molecule has 1 amide bonds. The maximum absolute atomic E-state index is 13.7. The van der Waals surface area contributed by atoms with Gasteiger partial charge in [0.25, 0.3) is 5.91 Å². The number of amides is 1. The maximum atomic E-state index is 13.7. The Hall–Kier alpha value is -3.07. The van der Waals surface area contributed by atoms with Gasteiger partial charge >= 0.3 is 5.97 Å². The summed E-state index contributed by atoms with van der Waals surface area (Å²) in [6.07, 6.45) is 1.56. The first-order valence-corrected chi connectivity index (χ1v) is 9.65. The average molecular weight is 417 g/mol. The number of nitrogens with one attached hydrogen (secondary N) is 1. The number of hydrogen-bond acceptors (Lipinski definition) is 6. The SMILES string of the molecule is CC(NC(=O)COC(=O)CSc1cnc2ccccc2n1)c1ccc(F)cc1F. The first-order valence-electron chi connectivity index (χ1n) is 8.67. The summed E-state index contributed by atoms with van der Waals surface area (Å²) in [7, 11) is 0. The van der Waals surface area contributed by atoms with Crippen molar-refractivity contribution in [2.24, 2.45) is 0 Å². The molecule has 9 heteroatoms. The van der Waals surface area contributed by atoms with E-state index in [0.29, 0.717) is 10.5 Å². The maximum Gasteiger partial charge on any atom is 0.316 e. The van der Waals surface area contributed by atoms with Gasteiger partial charge < -0.3 is 10.1 Å². The molecule has 3 aromatic rings. The number of hydrogen-bond donors (Lipinski definition) is 1. The number of ether oxygens (including phenoxy) is 1. The number of rotatable bonds is 7. The van der Waals surface area contributed by atoms with Gasteiger partial charge in [0.2, 0.25) is 0 Å². The lowest BCUT2D eigenvalue weighted by atomic mass is 10.1. The van der Waals surface area contributed by atoms with E-state index >= 15 is 0 Å². The highest BCUT2D eigenvalue weighted by molar-refractivity contribution is 7.99. The summed E-state index contributed by atoms with van der Waals surface area (Å²) < 4.78 is 31.6. The summed E-state index contributed by atoms with van der Waals surface area (Å²) in [5.41, 5.74) is 1.60. The van der Waals surface area contributed by atoms with Crippen LogP contribution in [0.4, 0.5) is 8.78 Å². The molecule has 0 saturated carbocycles. The van der Waals surface area contributed by atoms with Gasteiger partial charge in [0.15, 0.2) is 6.61 Å². The molecule has 3 rings (SSSR count). The van der Waals surface area contributed by atoms with Gasteiger partial charge in [-0.15, -0.1) is 0 Å². The van der Waals surface area contributed by atoms with Gasteiger partial charge in [-0.2, -0.15) is 0 Å². The standard InChI is InChI=1S/C20H17F2N3O3S/c1-12(14-7-6-13(21)8-15(14)22)24-18(26)10-28-20(27)11-29-19-9-23-16-4-2-3-5-17(16)25-19/h2-9,12H,10-11H2,1H3,(H,24,26). The highest BCUT2D eigenvalue weighted by atomic mass is 32.2. The summed E-state index contributed by atoms with van der Waals surface area (Å²) in [5.74, 6) is -2.69. The third-order valence-electron chi connectivity index (χ3n) is 3.94. The molecule has 29 heavy (non-hydrogen) atoms. The smallest absolute Gasteiger partial charge is 0.316 e. The van der Waals surface area contributed by atoms with Crippen molar-refractivity contribution in [2.45, 2.75) is 18.0 Å². The van der Waals surface area contributed by atoms with E-state index in [1.54, 1.807) is 13.1 Å². The Balaban J connectivity index is 1.45. The fourth-order valence-electron chi connectivity index (χ4n) is 2.54. The third-order valence-corrected chi connectivity index (χ3v) is 4.81. The minimum atomic E-state index is -0.761. The molecule has 0 bridgehead atoms. The van der Waals surface area contributed by atoms with Crippen molar-refractivity contribution in [2.75, 3.05) is 12.4 Å². The van der Waals surface area contributed by atoms with Crippen LogP contribution < -0.4 is 5.32 Å². The Morgan fingerprint density at radius 2 is 1.93 bits per heavy atom. The first kappa shape index (κ1) is 20.7. The van der Waals surface area contributed by atoms with E-state index in [1.807, 2.05) is 24.3 Å². The zero-order valence-electron chi connectivity index (χ0n) is 15.4. The molecule has 1 atom stereocenters. The number of esters is 1. The fraction of sp³-hybridized carbons (Fsp3) is 0.200. The van der Waals surface area contributed by atoms with Crippen LogP contribution in [0, 0.1) is 11.6 Å². The van der Waals surface area contributed by atoms with E-state index < -0.39 is 36.2 Å². The Bertz CT molecular complexity index is 1050. The Morgan fingerprint density at radius 3 is 2.69 bits per heavy atom. The molecule has 0 aliphatic rings. The predicted octanol–water partition coefficient (Wildman–Crippen LogP) is 3.42. The number of nitrogens with zero attached hydrogens (tertiary/aromatic N) is 2. The van der Waals surface area contributed by atoms with Crippen LogP contribution in [0.3, 0.4) is 0 Å².